The lowest BCUT2D eigenvalue weighted by Crippen LogP contribution is -2.46. The van der Waals surface area contributed by atoms with E-state index in [2.05, 4.69) is 0 Å². The van der Waals surface area contributed by atoms with Crippen LogP contribution < -0.4 is 5.73 Å². The number of hydrogen-bond donors (Lipinski definition) is 1. The van der Waals surface area contributed by atoms with Gasteiger partial charge < -0.3 is 15.5 Å². The van der Waals surface area contributed by atoms with E-state index < -0.39 is 18.8 Å². The van der Waals surface area contributed by atoms with Crippen LogP contribution in [0.2, 0.25) is 0 Å². The van der Waals surface area contributed by atoms with Crippen molar-refractivity contribution >= 4 is 6.03 Å². The molecule has 0 aliphatic heterocycles. The molecule has 2 amide bonds. The molecule has 0 aliphatic carbocycles. The standard InChI is InChI=1S/C7H14F3N3O/c1-12(2)6(14)13(4-3-11)5-7(8,9)10/h3-5,11H2,1-2H3. The molecule has 0 aromatic rings. The van der Waals surface area contributed by atoms with Gasteiger partial charge in [-0.15, -0.1) is 0 Å². The zero-order chi connectivity index (χ0) is 11.4. The monoisotopic (exact) mass is 213 g/mol. The summed E-state index contributed by atoms with van der Waals surface area (Å²) in [4.78, 5) is 13.0. The SMILES string of the molecule is CN(C)C(=O)N(CCN)CC(F)(F)F. The summed E-state index contributed by atoms with van der Waals surface area (Å²) in [6.45, 7) is -1.35. The summed E-state index contributed by atoms with van der Waals surface area (Å²) in [5.74, 6) is 0. The number of carbonyl (C=O) groups is 1. The minimum Gasteiger partial charge on any atom is -0.331 e. The Morgan fingerprint density at radius 3 is 2.14 bits per heavy atom. The lowest BCUT2D eigenvalue weighted by atomic mass is 10.4. The smallest absolute Gasteiger partial charge is 0.331 e. The molecule has 0 aromatic heterocycles. The van der Waals surface area contributed by atoms with Crippen molar-refractivity contribution in [2.24, 2.45) is 5.73 Å². The average Bonchev–Trinajstić information content (AvgIpc) is 1.99. The highest BCUT2D eigenvalue weighted by Crippen LogP contribution is 2.16. The van der Waals surface area contributed by atoms with Gasteiger partial charge in [-0.1, -0.05) is 0 Å². The second-order valence-electron chi connectivity index (χ2n) is 3.00. The van der Waals surface area contributed by atoms with Gasteiger partial charge in [0, 0.05) is 27.2 Å². The highest BCUT2D eigenvalue weighted by Gasteiger charge is 2.33. The Hall–Kier alpha value is -0.980. The number of carbonyl (C=O) groups excluding carboxylic acids is 1. The number of amides is 2. The highest BCUT2D eigenvalue weighted by molar-refractivity contribution is 5.73. The first-order chi connectivity index (χ1) is 6.28. The lowest BCUT2D eigenvalue weighted by molar-refractivity contribution is -0.140. The van der Waals surface area contributed by atoms with E-state index in [0.717, 1.165) is 4.90 Å². The van der Waals surface area contributed by atoms with E-state index in [1.54, 1.807) is 0 Å². The molecule has 0 heterocycles. The maximum absolute atomic E-state index is 12.0. The molecule has 0 aromatic carbocycles. The molecule has 0 saturated carbocycles. The number of rotatable bonds is 3. The third-order valence-corrected chi connectivity index (χ3v) is 1.42. The van der Waals surface area contributed by atoms with E-state index in [1.807, 2.05) is 0 Å². The molecule has 7 heteroatoms. The maximum Gasteiger partial charge on any atom is 0.406 e. The molecule has 0 spiro atoms. The van der Waals surface area contributed by atoms with Crippen LogP contribution in [0, 0.1) is 0 Å². The number of alkyl halides is 3. The Morgan fingerprint density at radius 1 is 1.36 bits per heavy atom. The summed E-state index contributed by atoms with van der Waals surface area (Å²) in [5.41, 5.74) is 5.11. The number of nitrogens with zero attached hydrogens (tertiary/aromatic N) is 2. The molecule has 0 aliphatic rings. The molecule has 0 fully saturated rings. The van der Waals surface area contributed by atoms with Crippen LogP contribution >= 0.6 is 0 Å². The molecule has 0 atom stereocenters. The first-order valence-electron chi connectivity index (χ1n) is 4.01. The Balaban J connectivity index is 4.36. The number of halogens is 3. The van der Waals surface area contributed by atoms with Crippen LogP contribution in [0.1, 0.15) is 0 Å². The minimum absolute atomic E-state index is 0.00958. The molecular weight excluding hydrogens is 199 g/mol. The van der Waals surface area contributed by atoms with Gasteiger partial charge in [0.15, 0.2) is 0 Å². The topological polar surface area (TPSA) is 49.6 Å². The summed E-state index contributed by atoms with van der Waals surface area (Å²) in [5, 5.41) is 0. The van der Waals surface area contributed by atoms with Gasteiger partial charge in [0.25, 0.3) is 0 Å². The van der Waals surface area contributed by atoms with E-state index in [9.17, 15) is 18.0 Å². The normalized spacial score (nSPS) is 11.3. The second kappa shape index (κ2) is 5.04. The fourth-order valence-electron chi connectivity index (χ4n) is 0.897. The zero-order valence-electron chi connectivity index (χ0n) is 8.14. The van der Waals surface area contributed by atoms with Crippen molar-refractivity contribution in [1.29, 1.82) is 0 Å². The quantitative estimate of drug-likeness (QED) is 0.741. The minimum atomic E-state index is -4.39. The molecule has 2 N–H and O–H groups in total. The highest BCUT2D eigenvalue weighted by atomic mass is 19.4. The molecule has 0 unspecified atom stereocenters. The van der Waals surface area contributed by atoms with E-state index in [4.69, 9.17) is 5.73 Å². The van der Waals surface area contributed by atoms with Gasteiger partial charge in [-0.25, -0.2) is 4.79 Å². The Bertz CT molecular complexity index is 193. The van der Waals surface area contributed by atoms with Crippen LogP contribution in [0.15, 0.2) is 0 Å². The largest absolute Gasteiger partial charge is 0.406 e. The number of nitrogens with two attached hydrogens (primary N) is 1. The Morgan fingerprint density at radius 2 is 1.86 bits per heavy atom. The van der Waals surface area contributed by atoms with Gasteiger partial charge in [0.05, 0.1) is 0 Å². The third-order valence-electron chi connectivity index (χ3n) is 1.42. The van der Waals surface area contributed by atoms with Gasteiger partial charge in [0.2, 0.25) is 0 Å². The van der Waals surface area contributed by atoms with Crippen LogP contribution in [-0.4, -0.2) is 55.7 Å². The summed E-state index contributed by atoms with van der Waals surface area (Å²) in [6.07, 6.45) is -4.39. The molecular formula is C7H14F3N3O. The first-order valence-corrected chi connectivity index (χ1v) is 4.01. The van der Waals surface area contributed by atoms with Crippen molar-refractivity contribution in [2.75, 3.05) is 33.7 Å². The van der Waals surface area contributed by atoms with Crippen molar-refractivity contribution < 1.29 is 18.0 Å². The van der Waals surface area contributed by atoms with Gasteiger partial charge in [-0.3, -0.25) is 0 Å². The Labute approximate surface area is 80.4 Å². The summed E-state index contributed by atoms with van der Waals surface area (Å²) >= 11 is 0. The van der Waals surface area contributed by atoms with Crippen LogP contribution in [0.25, 0.3) is 0 Å². The maximum atomic E-state index is 12.0. The van der Waals surface area contributed by atoms with Gasteiger partial charge >= 0.3 is 12.2 Å². The van der Waals surface area contributed by atoms with Crippen LogP contribution in [0.3, 0.4) is 0 Å². The summed E-state index contributed by atoms with van der Waals surface area (Å²) in [6, 6.07) is -0.687. The first kappa shape index (κ1) is 13.0. The van der Waals surface area contributed by atoms with Gasteiger partial charge in [0.1, 0.15) is 6.54 Å². The van der Waals surface area contributed by atoms with Gasteiger partial charge in [-0.05, 0) is 0 Å². The van der Waals surface area contributed by atoms with Crippen molar-refractivity contribution in [2.45, 2.75) is 6.18 Å². The molecule has 0 rings (SSSR count). The van der Waals surface area contributed by atoms with Crippen LogP contribution in [0.5, 0.6) is 0 Å². The summed E-state index contributed by atoms with van der Waals surface area (Å²) in [7, 11) is 2.78. The predicted molar refractivity (Wildman–Crippen MR) is 45.8 cm³/mol. The molecule has 14 heavy (non-hydrogen) atoms. The van der Waals surface area contributed by atoms with Crippen molar-refractivity contribution in [3.8, 4) is 0 Å². The van der Waals surface area contributed by atoms with E-state index >= 15 is 0 Å². The number of hydrogen-bond acceptors (Lipinski definition) is 2. The number of urea groups is 1. The molecule has 0 saturated heterocycles. The fraction of sp³-hybridized carbons (Fsp3) is 0.857. The fourth-order valence-corrected chi connectivity index (χ4v) is 0.897. The van der Waals surface area contributed by atoms with Crippen LogP contribution in [-0.2, 0) is 0 Å². The van der Waals surface area contributed by atoms with E-state index in [-0.39, 0.29) is 13.1 Å². The molecule has 0 radical (unpaired) electrons. The van der Waals surface area contributed by atoms with Crippen LogP contribution in [0.4, 0.5) is 18.0 Å². The van der Waals surface area contributed by atoms with E-state index in [1.165, 1.54) is 14.1 Å². The average molecular weight is 213 g/mol. The second-order valence-corrected chi connectivity index (χ2v) is 3.00. The van der Waals surface area contributed by atoms with Crippen molar-refractivity contribution in [3.05, 3.63) is 0 Å². The van der Waals surface area contributed by atoms with E-state index in [0.29, 0.717) is 4.90 Å². The Kier molecular flexibility index (Phi) is 4.69. The third kappa shape index (κ3) is 4.90. The molecule has 84 valence electrons. The van der Waals surface area contributed by atoms with Crippen molar-refractivity contribution in [3.63, 3.8) is 0 Å². The van der Waals surface area contributed by atoms with Crippen molar-refractivity contribution in [1.82, 2.24) is 9.80 Å². The molecule has 4 nitrogen and oxygen atoms in total. The summed E-state index contributed by atoms with van der Waals surface area (Å²) < 4.78 is 36.0. The molecule has 0 bridgehead atoms. The zero-order valence-corrected chi connectivity index (χ0v) is 8.14. The van der Waals surface area contributed by atoms with Gasteiger partial charge in [-0.2, -0.15) is 13.2 Å². The predicted octanol–water partition coefficient (Wildman–Crippen LogP) is 0.491. The lowest BCUT2D eigenvalue weighted by Gasteiger charge is -2.26.